The van der Waals surface area contributed by atoms with Gasteiger partial charge in [-0.25, -0.2) is 5.43 Å². The fourth-order valence-corrected chi connectivity index (χ4v) is 5.62. The molecule has 0 radical (unpaired) electrons. The molecule has 2 aromatic carbocycles. The Balaban J connectivity index is 1.39. The van der Waals surface area contributed by atoms with Gasteiger partial charge in [-0.2, -0.15) is 5.10 Å². The summed E-state index contributed by atoms with van der Waals surface area (Å²) in [6.45, 7) is 2.66. The molecule has 0 aromatic heterocycles. The van der Waals surface area contributed by atoms with Crippen LogP contribution in [-0.4, -0.2) is 19.2 Å². The van der Waals surface area contributed by atoms with E-state index in [9.17, 15) is 4.79 Å². The highest BCUT2D eigenvalue weighted by Crippen LogP contribution is 2.66. The number of halogens is 2. The number of rotatable bonds is 7. The summed E-state index contributed by atoms with van der Waals surface area (Å²) in [5.41, 5.74) is 4.78. The van der Waals surface area contributed by atoms with Crippen molar-refractivity contribution in [1.29, 1.82) is 0 Å². The quantitative estimate of drug-likeness (QED) is 0.336. The maximum atomic E-state index is 12.6. The van der Waals surface area contributed by atoms with Gasteiger partial charge in [-0.15, -0.1) is 0 Å². The van der Waals surface area contributed by atoms with Gasteiger partial charge in [0.1, 0.15) is 6.61 Å². The van der Waals surface area contributed by atoms with Crippen molar-refractivity contribution in [2.45, 2.75) is 39.2 Å². The van der Waals surface area contributed by atoms with Crippen LogP contribution in [0.5, 0.6) is 11.5 Å². The average molecular weight is 550 g/mol. The lowest BCUT2D eigenvalue weighted by atomic mass is 9.90. The molecule has 4 rings (SSSR count). The summed E-state index contributed by atoms with van der Waals surface area (Å²) in [5, 5.41) is 4.19. The summed E-state index contributed by atoms with van der Waals surface area (Å²) < 4.78 is 13.3. The largest absolute Gasteiger partial charge is 0.493 e. The number of carbonyl (C=O) groups is 1. The highest BCUT2D eigenvalue weighted by Gasteiger charge is 2.64. The van der Waals surface area contributed by atoms with E-state index in [2.05, 4.69) is 49.3 Å². The summed E-state index contributed by atoms with van der Waals surface area (Å²) in [6, 6.07) is 11.7. The van der Waals surface area contributed by atoms with Crippen molar-refractivity contribution < 1.29 is 14.3 Å². The van der Waals surface area contributed by atoms with Gasteiger partial charge in [0.15, 0.2) is 11.5 Å². The van der Waals surface area contributed by atoms with Crippen molar-refractivity contribution in [2.75, 3.05) is 7.11 Å². The van der Waals surface area contributed by atoms with Gasteiger partial charge in [0.05, 0.1) is 17.8 Å². The molecule has 2 aliphatic rings. The molecule has 7 heteroatoms. The van der Waals surface area contributed by atoms with Gasteiger partial charge in [-0.1, -0.05) is 47.8 Å². The zero-order chi connectivity index (χ0) is 22.0. The normalized spacial score (nSPS) is 24.5. The maximum absolute atomic E-state index is 12.6. The Morgan fingerprint density at radius 3 is 2.71 bits per heavy atom. The molecule has 2 aliphatic carbocycles. The number of nitrogens with zero attached hydrogens (tertiary/aromatic N) is 1. The number of hydrazone groups is 1. The van der Waals surface area contributed by atoms with Crippen LogP contribution in [0.3, 0.4) is 0 Å². The maximum Gasteiger partial charge on any atom is 0.244 e. The molecule has 1 N–H and O–H groups in total. The van der Waals surface area contributed by atoms with Gasteiger partial charge >= 0.3 is 0 Å². The number of ether oxygens (including phenoxy) is 2. The first-order valence-corrected chi connectivity index (χ1v) is 12.1. The predicted molar refractivity (Wildman–Crippen MR) is 128 cm³/mol. The zero-order valence-corrected chi connectivity index (χ0v) is 20.8. The van der Waals surface area contributed by atoms with E-state index in [0.29, 0.717) is 24.0 Å². The SMILES string of the molecule is COc1cc(/C=N\NC(=O)[C@@H]2[C@@H]3CCCC[C@]23C)cc(Br)c1OCc1ccc(Br)cc1. The van der Waals surface area contributed by atoms with Crippen LogP contribution in [0.15, 0.2) is 50.4 Å². The van der Waals surface area contributed by atoms with Crippen molar-refractivity contribution in [3.63, 3.8) is 0 Å². The highest BCUT2D eigenvalue weighted by molar-refractivity contribution is 9.10. The summed E-state index contributed by atoms with van der Waals surface area (Å²) in [6.07, 6.45) is 6.40. The zero-order valence-electron chi connectivity index (χ0n) is 17.7. The van der Waals surface area contributed by atoms with E-state index < -0.39 is 0 Å². The van der Waals surface area contributed by atoms with Gasteiger partial charge in [0.25, 0.3) is 0 Å². The van der Waals surface area contributed by atoms with Crippen LogP contribution in [0.1, 0.15) is 43.7 Å². The summed E-state index contributed by atoms with van der Waals surface area (Å²) in [4.78, 5) is 12.6. The molecule has 0 unspecified atom stereocenters. The minimum Gasteiger partial charge on any atom is -0.493 e. The lowest BCUT2D eigenvalue weighted by Crippen LogP contribution is -2.22. The Morgan fingerprint density at radius 2 is 2.03 bits per heavy atom. The van der Waals surface area contributed by atoms with Crippen molar-refractivity contribution in [2.24, 2.45) is 22.4 Å². The minimum absolute atomic E-state index is 0.0335. The molecule has 0 spiro atoms. The first-order valence-electron chi connectivity index (χ1n) is 10.5. The van der Waals surface area contributed by atoms with Crippen molar-refractivity contribution in [1.82, 2.24) is 5.43 Å². The molecule has 2 fully saturated rings. The van der Waals surface area contributed by atoms with E-state index >= 15 is 0 Å². The van der Waals surface area contributed by atoms with Crippen LogP contribution in [0.2, 0.25) is 0 Å². The summed E-state index contributed by atoms with van der Waals surface area (Å²) in [5.74, 6) is 1.88. The first-order chi connectivity index (χ1) is 14.9. The van der Waals surface area contributed by atoms with Gasteiger partial charge in [0.2, 0.25) is 5.91 Å². The number of methoxy groups -OCH3 is 1. The highest BCUT2D eigenvalue weighted by atomic mass is 79.9. The minimum atomic E-state index is 0.0335. The van der Waals surface area contributed by atoms with Crippen LogP contribution in [0.4, 0.5) is 0 Å². The summed E-state index contributed by atoms with van der Waals surface area (Å²) >= 11 is 7.00. The van der Waals surface area contributed by atoms with Gasteiger partial charge in [-0.3, -0.25) is 4.79 Å². The second kappa shape index (κ2) is 9.33. The van der Waals surface area contributed by atoms with E-state index in [0.717, 1.165) is 32.9 Å². The van der Waals surface area contributed by atoms with Crippen molar-refractivity contribution in [3.8, 4) is 11.5 Å². The average Bonchev–Trinajstić information content (AvgIpc) is 3.39. The van der Waals surface area contributed by atoms with Crippen LogP contribution in [0.25, 0.3) is 0 Å². The van der Waals surface area contributed by atoms with Crippen LogP contribution >= 0.6 is 31.9 Å². The Hall–Kier alpha value is -1.86. The van der Waals surface area contributed by atoms with Gasteiger partial charge in [0, 0.05) is 10.4 Å². The third-order valence-electron chi connectivity index (χ3n) is 6.55. The number of amides is 1. The molecule has 0 heterocycles. The number of hydrogen-bond donors (Lipinski definition) is 1. The number of hydrogen-bond acceptors (Lipinski definition) is 4. The van der Waals surface area contributed by atoms with Crippen LogP contribution in [-0.2, 0) is 11.4 Å². The third-order valence-corrected chi connectivity index (χ3v) is 7.67. The number of carbonyl (C=O) groups excluding carboxylic acids is 1. The molecule has 5 nitrogen and oxygen atoms in total. The fourth-order valence-electron chi connectivity index (χ4n) is 4.78. The van der Waals surface area contributed by atoms with Crippen molar-refractivity contribution >= 4 is 44.0 Å². The Bertz CT molecular complexity index is 993. The first kappa shape index (κ1) is 22.3. The second-order valence-electron chi connectivity index (χ2n) is 8.52. The molecule has 0 aliphatic heterocycles. The Labute approximate surface area is 199 Å². The lowest BCUT2D eigenvalue weighted by Gasteiger charge is -2.15. The lowest BCUT2D eigenvalue weighted by molar-refractivity contribution is -0.123. The summed E-state index contributed by atoms with van der Waals surface area (Å²) in [7, 11) is 1.60. The topological polar surface area (TPSA) is 59.9 Å². The van der Waals surface area contributed by atoms with Crippen LogP contribution < -0.4 is 14.9 Å². The number of nitrogens with one attached hydrogen (secondary N) is 1. The second-order valence-corrected chi connectivity index (χ2v) is 10.3. The molecular weight excluding hydrogens is 524 g/mol. The number of benzene rings is 2. The monoisotopic (exact) mass is 548 g/mol. The molecular formula is C24H26Br2N2O3. The Kier molecular flexibility index (Phi) is 6.72. The molecule has 164 valence electrons. The van der Waals surface area contributed by atoms with E-state index in [-0.39, 0.29) is 17.2 Å². The van der Waals surface area contributed by atoms with E-state index in [1.807, 2.05) is 36.4 Å². The number of fused-ring (bicyclic) bond motifs is 1. The Morgan fingerprint density at radius 1 is 1.26 bits per heavy atom. The van der Waals surface area contributed by atoms with E-state index in [1.165, 1.54) is 12.8 Å². The fraction of sp³-hybridized carbons (Fsp3) is 0.417. The molecule has 3 atom stereocenters. The van der Waals surface area contributed by atoms with E-state index in [1.54, 1.807) is 13.3 Å². The predicted octanol–water partition coefficient (Wildman–Crippen LogP) is 6.08. The van der Waals surface area contributed by atoms with Gasteiger partial charge in [-0.05, 0) is 75.5 Å². The standard InChI is InChI=1S/C24H26Br2N2O3/c1-24-10-4-3-5-18(24)21(24)23(29)28-27-13-16-11-19(26)22(20(12-16)30-2)31-14-15-6-8-17(25)9-7-15/h6-9,11-13,18,21H,3-5,10,14H2,1-2H3,(H,28,29)/b27-13-/t18-,21-,24-/m0/s1. The van der Waals surface area contributed by atoms with Crippen LogP contribution in [0, 0.1) is 17.3 Å². The molecule has 2 aromatic rings. The molecule has 0 bridgehead atoms. The van der Waals surface area contributed by atoms with Gasteiger partial charge < -0.3 is 9.47 Å². The molecule has 1 amide bonds. The molecule has 2 saturated carbocycles. The smallest absolute Gasteiger partial charge is 0.244 e. The third kappa shape index (κ3) is 4.82. The molecule has 31 heavy (non-hydrogen) atoms. The molecule has 0 saturated heterocycles. The van der Waals surface area contributed by atoms with E-state index in [4.69, 9.17) is 9.47 Å². The van der Waals surface area contributed by atoms with Crippen molar-refractivity contribution in [3.05, 3.63) is 56.5 Å².